The van der Waals surface area contributed by atoms with Crippen LogP contribution in [0.4, 0.5) is 5.69 Å². The van der Waals surface area contributed by atoms with Crippen molar-refractivity contribution in [2.75, 3.05) is 17.1 Å². The third-order valence-corrected chi connectivity index (χ3v) is 9.62. The van der Waals surface area contributed by atoms with Gasteiger partial charge in [-0.15, -0.1) is 0 Å². The number of nitrogens with one attached hydrogen (secondary N) is 1. The Morgan fingerprint density at radius 1 is 0.884 bits per heavy atom. The van der Waals surface area contributed by atoms with E-state index >= 15 is 0 Å². The smallest absolute Gasteiger partial charge is 0.243 e. The Morgan fingerprint density at radius 3 is 2.21 bits per heavy atom. The Balaban J connectivity index is 1.59. The van der Waals surface area contributed by atoms with Crippen molar-refractivity contribution in [2.24, 2.45) is 0 Å². The van der Waals surface area contributed by atoms with Gasteiger partial charge in [0.1, 0.15) is 6.04 Å². The van der Waals surface area contributed by atoms with Crippen LogP contribution < -0.4 is 9.62 Å². The van der Waals surface area contributed by atoms with Gasteiger partial charge in [0, 0.05) is 32.0 Å². The molecule has 0 bridgehead atoms. The van der Waals surface area contributed by atoms with E-state index in [1.165, 1.54) is 10.6 Å². The van der Waals surface area contributed by atoms with Gasteiger partial charge < -0.3 is 10.2 Å². The summed E-state index contributed by atoms with van der Waals surface area (Å²) in [6.07, 6.45) is 6.13. The standard InChI is InChI=1S/C35H45N3O4S/c1-26-19-21-30(22-20-26)25-37(33(24-29-13-6-5-7-14-29)35(40)36-31-15-8-9-16-31)34(39)18-11-23-38(43(4,41)42)32-17-10-12-27(2)28(32)3/h5-7,10,12-14,17,19-22,31,33H,8-9,11,15-16,18,23-25H2,1-4H3,(H,36,40)/t33-/m0/s1. The molecular formula is C35H45N3O4S. The maximum atomic E-state index is 14.1. The van der Waals surface area contributed by atoms with E-state index in [2.05, 4.69) is 5.32 Å². The minimum Gasteiger partial charge on any atom is -0.352 e. The van der Waals surface area contributed by atoms with E-state index in [9.17, 15) is 18.0 Å². The first-order valence-corrected chi connectivity index (χ1v) is 17.1. The van der Waals surface area contributed by atoms with E-state index in [1.807, 2.05) is 87.5 Å². The second kappa shape index (κ2) is 14.7. The quantitative estimate of drug-likeness (QED) is 0.265. The summed E-state index contributed by atoms with van der Waals surface area (Å²) >= 11 is 0. The predicted molar refractivity (Wildman–Crippen MR) is 173 cm³/mol. The monoisotopic (exact) mass is 603 g/mol. The molecule has 0 heterocycles. The van der Waals surface area contributed by atoms with Gasteiger partial charge in [0.25, 0.3) is 0 Å². The Hall–Kier alpha value is -3.65. The molecule has 1 aliphatic rings. The second-order valence-corrected chi connectivity index (χ2v) is 13.8. The molecule has 1 fully saturated rings. The summed E-state index contributed by atoms with van der Waals surface area (Å²) in [5.74, 6) is -0.304. The molecule has 0 aromatic heterocycles. The van der Waals surface area contributed by atoms with E-state index in [0.29, 0.717) is 25.1 Å². The number of hydrogen-bond acceptors (Lipinski definition) is 4. The summed E-state index contributed by atoms with van der Waals surface area (Å²) in [4.78, 5) is 29.6. The molecule has 0 spiro atoms. The minimum atomic E-state index is -3.57. The van der Waals surface area contributed by atoms with Crippen LogP contribution in [0.2, 0.25) is 0 Å². The van der Waals surface area contributed by atoms with Gasteiger partial charge >= 0.3 is 0 Å². The number of anilines is 1. The molecule has 0 aliphatic heterocycles. The van der Waals surface area contributed by atoms with Crippen molar-refractivity contribution in [1.82, 2.24) is 10.2 Å². The van der Waals surface area contributed by atoms with E-state index in [1.54, 1.807) is 11.0 Å². The molecule has 0 saturated heterocycles. The van der Waals surface area contributed by atoms with Gasteiger partial charge in [-0.2, -0.15) is 0 Å². The van der Waals surface area contributed by atoms with Crippen LogP contribution in [0, 0.1) is 20.8 Å². The van der Waals surface area contributed by atoms with Crippen LogP contribution >= 0.6 is 0 Å². The molecule has 230 valence electrons. The molecule has 1 atom stereocenters. The number of amides is 2. The second-order valence-electron chi connectivity index (χ2n) is 11.9. The van der Waals surface area contributed by atoms with Gasteiger partial charge in [-0.25, -0.2) is 8.42 Å². The minimum absolute atomic E-state index is 0.116. The largest absolute Gasteiger partial charge is 0.352 e. The fourth-order valence-corrected chi connectivity index (χ4v) is 6.82. The lowest BCUT2D eigenvalue weighted by molar-refractivity contribution is -0.141. The number of sulfonamides is 1. The molecular weight excluding hydrogens is 558 g/mol. The zero-order valence-corrected chi connectivity index (χ0v) is 26.7. The fraction of sp³-hybridized carbons (Fsp3) is 0.429. The number of aryl methyl sites for hydroxylation is 2. The SMILES string of the molecule is Cc1ccc(CN(C(=O)CCCN(c2cccc(C)c2C)S(C)(=O)=O)[C@@H](Cc2ccccc2)C(=O)NC2CCCC2)cc1. The number of rotatable bonds is 13. The number of carbonyl (C=O) groups excluding carboxylic acids is 2. The highest BCUT2D eigenvalue weighted by Crippen LogP contribution is 2.26. The van der Waals surface area contributed by atoms with E-state index in [-0.39, 0.29) is 30.8 Å². The molecule has 4 rings (SSSR count). The Morgan fingerprint density at radius 2 is 1.56 bits per heavy atom. The summed E-state index contributed by atoms with van der Waals surface area (Å²) in [6.45, 7) is 6.35. The number of benzene rings is 3. The molecule has 0 unspecified atom stereocenters. The summed E-state index contributed by atoms with van der Waals surface area (Å²) in [7, 11) is -3.57. The summed E-state index contributed by atoms with van der Waals surface area (Å²) in [5.41, 5.74) is 5.57. The average molecular weight is 604 g/mol. The van der Waals surface area contributed by atoms with Crippen molar-refractivity contribution in [1.29, 1.82) is 0 Å². The molecule has 3 aromatic carbocycles. The zero-order chi connectivity index (χ0) is 31.0. The summed E-state index contributed by atoms with van der Waals surface area (Å²) < 4.78 is 27.0. The highest BCUT2D eigenvalue weighted by Gasteiger charge is 2.32. The zero-order valence-electron chi connectivity index (χ0n) is 25.9. The molecule has 8 heteroatoms. The number of hydrogen-bond donors (Lipinski definition) is 1. The van der Waals surface area contributed by atoms with Crippen LogP contribution in [-0.4, -0.2) is 50.0 Å². The third-order valence-electron chi connectivity index (χ3n) is 8.44. The molecule has 2 amide bonds. The fourth-order valence-electron chi connectivity index (χ4n) is 5.80. The van der Waals surface area contributed by atoms with Crippen molar-refractivity contribution < 1.29 is 18.0 Å². The summed E-state index contributed by atoms with van der Waals surface area (Å²) in [6, 6.07) is 22.9. The Kier molecular flexibility index (Phi) is 11.0. The van der Waals surface area contributed by atoms with Gasteiger partial charge in [-0.3, -0.25) is 13.9 Å². The van der Waals surface area contributed by atoms with Gasteiger partial charge in [-0.1, -0.05) is 85.1 Å². The van der Waals surface area contributed by atoms with Crippen LogP contribution in [-0.2, 0) is 32.6 Å². The van der Waals surface area contributed by atoms with Crippen LogP contribution in [0.5, 0.6) is 0 Å². The third kappa shape index (κ3) is 8.92. The van der Waals surface area contributed by atoms with E-state index in [4.69, 9.17) is 0 Å². The Bertz CT molecular complexity index is 1480. The summed E-state index contributed by atoms with van der Waals surface area (Å²) in [5, 5.41) is 3.24. The van der Waals surface area contributed by atoms with E-state index in [0.717, 1.165) is 53.5 Å². The first-order valence-electron chi connectivity index (χ1n) is 15.3. The number of nitrogens with zero attached hydrogens (tertiary/aromatic N) is 2. The van der Waals surface area contributed by atoms with Crippen molar-refractivity contribution in [3.63, 3.8) is 0 Å². The Labute approximate surface area is 257 Å². The molecule has 3 aromatic rings. The van der Waals surface area contributed by atoms with Gasteiger partial charge in [0.05, 0.1) is 11.9 Å². The molecule has 1 aliphatic carbocycles. The van der Waals surface area contributed by atoms with Crippen molar-refractivity contribution in [3.8, 4) is 0 Å². The van der Waals surface area contributed by atoms with Crippen LogP contribution in [0.1, 0.15) is 66.3 Å². The molecule has 7 nitrogen and oxygen atoms in total. The van der Waals surface area contributed by atoms with Gasteiger partial charge in [0.2, 0.25) is 21.8 Å². The topological polar surface area (TPSA) is 86.8 Å². The van der Waals surface area contributed by atoms with Crippen LogP contribution in [0.15, 0.2) is 72.8 Å². The van der Waals surface area contributed by atoms with Gasteiger partial charge in [0.15, 0.2) is 0 Å². The normalized spacial score (nSPS) is 14.3. The maximum Gasteiger partial charge on any atom is 0.243 e. The molecule has 0 radical (unpaired) electrons. The highest BCUT2D eigenvalue weighted by atomic mass is 32.2. The lowest BCUT2D eigenvalue weighted by atomic mass is 10.0. The predicted octanol–water partition coefficient (Wildman–Crippen LogP) is 5.86. The van der Waals surface area contributed by atoms with Crippen molar-refractivity contribution >= 4 is 27.5 Å². The maximum absolute atomic E-state index is 14.1. The van der Waals surface area contributed by atoms with Crippen molar-refractivity contribution in [2.45, 2.75) is 84.3 Å². The molecule has 43 heavy (non-hydrogen) atoms. The molecule has 1 N–H and O–H groups in total. The first-order chi connectivity index (χ1) is 20.5. The molecule has 1 saturated carbocycles. The lowest BCUT2D eigenvalue weighted by Crippen LogP contribution is -2.52. The highest BCUT2D eigenvalue weighted by molar-refractivity contribution is 7.92. The van der Waals surface area contributed by atoms with E-state index < -0.39 is 16.1 Å². The van der Waals surface area contributed by atoms with Crippen LogP contribution in [0.25, 0.3) is 0 Å². The van der Waals surface area contributed by atoms with Crippen LogP contribution in [0.3, 0.4) is 0 Å². The average Bonchev–Trinajstić information content (AvgIpc) is 3.48. The van der Waals surface area contributed by atoms with Gasteiger partial charge in [-0.05, 0) is 68.4 Å². The number of carbonyl (C=O) groups is 2. The van der Waals surface area contributed by atoms with Crippen molar-refractivity contribution in [3.05, 3.63) is 101 Å². The first kappa shape index (κ1) is 32.3. The lowest BCUT2D eigenvalue weighted by Gasteiger charge is -2.33.